The van der Waals surface area contributed by atoms with Crippen molar-refractivity contribution >= 4 is 11.7 Å². The van der Waals surface area contributed by atoms with Gasteiger partial charge in [-0.25, -0.2) is 4.79 Å². The van der Waals surface area contributed by atoms with E-state index in [-0.39, 0.29) is 5.97 Å². The average molecular weight is 387 g/mol. The molecule has 29 heavy (non-hydrogen) atoms. The number of hydrogen-bond acceptors (Lipinski definition) is 4. The van der Waals surface area contributed by atoms with Crippen molar-refractivity contribution in [2.24, 2.45) is 4.99 Å². The van der Waals surface area contributed by atoms with Crippen LogP contribution in [0.1, 0.15) is 35.2 Å². The summed E-state index contributed by atoms with van der Waals surface area (Å²) in [6.07, 6.45) is 0. The molecule has 0 N–H and O–H groups in total. The summed E-state index contributed by atoms with van der Waals surface area (Å²) in [5.41, 5.74) is 4.47. The number of carbonyl (C=O) groups is 1. The Morgan fingerprint density at radius 1 is 0.862 bits per heavy atom. The van der Waals surface area contributed by atoms with Gasteiger partial charge >= 0.3 is 5.97 Å². The summed E-state index contributed by atoms with van der Waals surface area (Å²) >= 11 is 0. The lowest BCUT2D eigenvalue weighted by Crippen LogP contribution is -2.17. The van der Waals surface area contributed by atoms with Crippen molar-refractivity contribution in [3.05, 3.63) is 107 Å². The Kier molecular flexibility index (Phi) is 7.31. The third-order valence-electron chi connectivity index (χ3n) is 4.47. The second-order valence-electron chi connectivity index (χ2n) is 6.54. The normalized spacial score (nSPS) is 11.5. The van der Waals surface area contributed by atoms with Crippen LogP contribution in [0.2, 0.25) is 0 Å². The summed E-state index contributed by atoms with van der Waals surface area (Å²) in [7, 11) is 1.66. The molecule has 0 aromatic heterocycles. The maximum absolute atomic E-state index is 12.8. The smallest absolute Gasteiger partial charge is 0.335 e. The van der Waals surface area contributed by atoms with Crippen LogP contribution < -0.4 is 0 Å². The molecule has 3 aromatic carbocycles. The molecule has 3 rings (SSSR count). The first-order valence-electron chi connectivity index (χ1n) is 9.66. The van der Waals surface area contributed by atoms with Gasteiger partial charge in [-0.3, -0.25) is 4.99 Å². The van der Waals surface area contributed by atoms with Gasteiger partial charge in [-0.2, -0.15) is 0 Å². The van der Waals surface area contributed by atoms with Crippen LogP contribution in [0.3, 0.4) is 0 Å². The average Bonchev–Trinajstić information content (AvgIpc) is 2.77. The Hall–Kier alpha value is -3.24. The molecule has 0 fully saturated rings. The van der Waals surface area contributed by atoms with Gasteiger partial charge in [-0.05, 0) is 18.1 Å². The lowest BCUT2D eigenvalue weighted by atomic mass is 10.00. The second kappa shape index (κ2) is 10.3. The first-order chi connectivity index (χ1) is 14.2. The van der Waals surface area contributed by atoms with Crippen molar-refractivity contribution in [1.29, 1.82) is 0 Å². The molecule has 3 aromatic rings. The van der Waals surface area contributed by atoms with Crippen molar-refractivity contribution in [1.82, 2.24) is 0 Å². The topological polar surface area (TPSA) is 47.9 Å². The molecule has 1 unspecified atom stereocenters. The predicted molar refractivity (Wildman–Crippen MR) is 115 cm³/mol. The van der Waals surface area contributed by atoms with Crippen LogP contribution >= 0.6 is 0 Å². The van der Waals surface area contributed by atoms with Crippen molar-refractivity contribution < 1.29 is 14.3 Å². The Morgan fingerprint density at radius 3 is 1.90 bits per heavy atom. The maximum Gasteiger partial charge on any atom is 0.335 e. The van der Waals surface area contributed by atoms with Gasteiger partial charge in [0, 0.05) is 18.2 Å². The summed E-state index contributed by atoms with van der Waals surface area (Å²) in [6.45, 7) is 2.63. The van der Waals surface area contributed by atoms with Crippen LogP contribution in [0.15, 0.2) is 89.9 Å². The number of carbonyl (C=O) groups excluding carboxylic acids is 1. The maximum atomic E-state index is 12.8. The Morgan fingerprint density at radius 2 is 1.41 bits per heavy atom. The summed E-state index contributed by atoms with van der Waals surface area (Å²) in [5.74, 6) is -0.364. The van der Waals surface area contributed by atoms with E-state index in [0.717, 1.165) is 28.0 Å². The van der Waals surface area contributed by atoms with E-state index in [1.165, 1.54) is 0 Å². The summed E-state index contributed by atoms with van der Waals surface area (Å²) in [4.78, 5) is 17.7. The highest BCUT2D eigenvalue weighted by atomic mass is 16.5. The molecule has 0 amide bonds. The Labute approximate surface area is 171 Å². The molecule has 0 saturated carbocycles. The number of benzene rings is 3. The van der Waals surface area contributed by atoms with E-state index in [0.29, 0.717) is 13.2 Å². The van der Waals surface area contributed by atoms with Gasteiger partial charge in [-0.15, -0.1) is 0 Å². The zero-order valence-electron chi connectivity index (χ0n) is 16.7. The number of methoxy groups -OCH3 is 1. The van der Waals surface area contributed by atoms with Crippen LogP contribution in [0.5, 0.6) is 0 Å². The van der Waals surface area contributed by atoms with Crippen molar-refractivity contribution in [2.45, 2.75) is 19.6 Å². The SMILES string of the molecule is CCOC(=O)C(N=C(c1ccccc1)c1ccccc1)c1ccc(COC)cc1. The zero-order valence-corrected chi connectivity index (χ0v) is 16.7. The molecule has 0 spiro atoms. The van der Waals surface area contributed by atoms with Gasteiger partial charge in [0.15, 0.2) is 6.04 Å². The molecule has 0 heterocycles. The lowest BCUT2D eigenvalue weighted by molar-refractivity contribution is -0.144. The fourth-order valence-electron chi connectivity index (χ4n) is 3.08. The highest BCUT2D eigenvalue weighted by Gasteiger charge is 2.23. The number of aliphatic imine (C=N–C) groups is 1. The monoisotopic (exact) mass is 387 g/mol. The van der Waals surface area contributed by atoms with Gasteiger partial charge in [0.05, 0.1) is 18.9 Å². The standard InChI is InChI=1S/C25H25NO3/c1-3-29-25(27)24(22-16-14-19(15-17-22)18-28-2)26-23(20-10-6-4-7-11-20)21-12-8-5-9-13-21/h4-17,24H,3,18H2,1-2H3. The molecule has 0 saturated heterocycles. The Bertz CT molecular complexity index is 893. The molecule has 0 aliphatic rings. The third-order valence-corrected chi connectivity index (χ3v) is 4.47. The van der Waals surface area contributed by atoms with Crippen LogP contribution in [-0.2, 0) is 20.9 Å². The number of rotatable bonds is 8. The number of nitrogens with zero attached hydrogens (tertiary/aromatic N) is 1. The molecular weight excluding hydrogens is 362 g/mol. The number of esters is 1. The molecule has 0 aliphatic heterocycles. The molecule has 1 atom stereocenters. The predicted octanol–water partition coefficient (Wildman–Crippen LogP) is 4.97. The van der Waals surface area contributed by atoms with Gasteiger partial charge in [0.25, 0.3) is 0 Å². The van der Waals surface area contributed by atoms with E-state index in [2.05, 4.69) is 0 Å². The first kappa shape index (κ1) is 20.5. The Balaban J connectivity index is 2.08. The van der Waals surface area contributed by atoms with Crippen LogP contribution in [0.25, 0.3) is 0 Å². The van der Waals surface area contributed by atoms with Gasteiger partial charge in [0.1, 0.15) is 0 Å². The minimum absolute atomic E-state index is 0.304. The number of hydrogen-bond donors (Lipinski definition) is 0. The minimum atomic E-state index is -0.748. The zero-order chi connectivity index (χ0) is 20.5. The molecule has 4 heteroatoms. The molecule has 148 valence electrons. The minimum Gasteiger partial charge on any atom is -0.464 e. The fourth-order valence-corrected chi connectivity index (χ4v) is 3.08. The van der Waals surface area contributed by atoms with Gasteiger partial charge < -0.3 is 9.47 Å². The molecule has 0 radical (unpaired) electrons. The van der Waals surface area contributed by atoms with Crippen molar-refractivity contribution in [2.75, 3.05) is 13.7 Å². The second-order valence-corrected chi connectivity index (χ2v) is 6.54. The largest absolute Gasteiger partial charge is 0.464 e. The summed E-state index contributed by atoms with van der Waals surface area (Å²) in [5, 5.41) is 0. The quantitative estimate of drug-likeness (QED) is 0.405. The van der Waals surface area contributed by atoms with E-state index >= 15 is 0 Å². The van der Waals surface area contributed by atoms with Gasteiger partial charge in [0.2, 0.25) is 0 Å². The van der Waals surface area contributed by atoms with E-state index in [9.17, 15) is 4.79 Å². The number of ether oxygens (including phenoxy) is 2. The summed E-state index contributed by atoms with van der Waals surface area (Å²) < 4.78 is 10.5. The van der Waals surface area contributed by atoms with Crippen LogP contribution in [-0.4, -0.2) is 25.4 Å². The first-order valence-corrected chi connectivity index (χ1v) is 9.66. The van der Waals surface area contributed by atoms with E-state index in [1.54, 1.807) is 14.0 Å². The molecule has 4 nitrogen and oxygen atoms in total. The highest BCUT2D eigenvalue weighted by molar-refractivity contribution is 6.13. The van der Waals surface area contributed by atoms with E-state index in [1.807, 2.05) is 84.9 Å². The van der Waals surface area contributed by atoms with Gasteiger partial charge in [-0.1, -0.05) is 84.9 Å². The molecular formula is C25H25NO3. The van der Waals surface area contributed by atoms with E-state index < -0.39 is 6.04 Å². The molecule has 0 aliphatic carbocycles. The highest BCUT2D eigenvalue weighted by Crippen LogP contribution is 2.23. The fraction of sp³-hybridized carbons (Fsp3) is 0.200. The third kappa shape index (κ3) is 5.39. The lowest BCUT2D eigenvalue weighted by Gasteiger charge is -2.16. The van der Waals surface area contributed by atoms with Crippen LogP contribution in [0, 0.1) is 0 Å². The van der Waals surface area contributed by atoms with Crippen molar-refractivity contribution in [3.8, 4) is 0 Å². The van der Waals surface area contributed by atoms with Crippen LogP contribution in [0.4, 0.5) is 0 Å². The van der Waals surface area contributed by atoms with Crippen molar-refractivity contribution in [3.63, 3.8) is 0 Å². The molecule has 0 bridgehead atoms. The van der Waals surface area contributed by atoms with E-state index in [4.69, 9.17) is 14.5 Å². The summed E-state index contributed by atoms with van der Waals surface area (Å²) in [6, 6.07) is 26.7.